The third-order valence-electron chi connectivity index (χ3n) is 5.48. The van der Waals surface area contributed by atoms with Gasteiger partial charge in [0.1, 0.15) is 10.2 Å². The monoisotopic (exact) mass is 457 g/mol. The molecule has 0 radical (unpaired) electrons. The van der Waals surface area contributed by atoms with Gasteiger partial charge in [0.25, 0.3) is 0 Å². The van der Waals surface area contributed by atoms with E-state index in [9.17, 15) is 4.79 Å². The SMILES string of the molecule is CC1=NC(=O)NC(c2cc3ccccc3nc2Cl)C1c1nc(-c2ccc(C#N)cc2)cs1. The molecular formula is C24H16ClN5OS. The van der Waals surface area contributed by atoms with E-state index in [1.165, 1.54) is 11.3 Å². The third kappa shape index (κ3) is 3.64. The maximum atomic E-state index is 12.3. The zero-order valence-electron chi connectivity index (χ0n) is 16.9. The number of aliphatic imine (C=N–C) groups is 1. The number of nitrogens with zero attached hydrogens (tertiary/aromatic N) is 4. The van der Waals surface area contributed by atoms with Gasteiger partial charge in [0.05, 0.1) is 34.8 Å². The van der Waals surface area contributed by atoms with E-state index >= 15 is 0 Å². The first kappa shape index (κ1) is 20.3. The predicted molar refractivity (Wildman–Crippen MR) is 126 cm³/mol. The van der Waals surface area contributed by atoms with Gasteiger partial charge in [0, 0.05) is 27.6 Å². The molecule has 1 aliphatic heterocycles. The van der Waals surface area contributed by atoms with Gasteiger partial charge in [0.15, 0.2) is 0 Å². The quantitative estimate of drug-likeness (QED) is 0.388. The number of amides is 2. The fourth-order valence-electron chi connectivity index (χ4n) is 3.90. The molecule has 2 aromatic carbocycles. The highest BCUT2D eigenvalue weighted by Gasteiger charge is 2.36. The Bertz CT molecular complexity index is 1420. The Morgan fingerprint density at radius 2 is 1.91 bits per heavy atom. The van der Waals surface area contributed by atoms with Crippen LogP contribution in [0.4, 0.5) is 4.79 Å². The van der Waals surface area contributed by atoms with Crippen LogP contribution in [-0.2, 0) is 0 Å². The van der Waals surface area contributed by atoms with Crippen LogP contribution in [0.2, 0.25) is 5.15 Å². The third-order valence-corrected chi connectivity index (χ3v) is 6.71. The molecular weight excluding hydrogens is 442 g/mol. The van der Waals surface area contributed by atoms with Crippen molar-refractivity contribution in [3.63, 3.8) is 0 Å². The molecule has 0 saturated heterocycles. The zero-order valence-corrected chi connectivity index (χ0v) is 18.5. The minimum Gasteiger partial charge on any atom is -0.328 e. The van der Waals surface area contributed by atoms with Crippen molar-refractivity contribution in [1.29, 1.82) is 5.26 Å². The van der Waals surface area contributed by atoms with Crippen LogP contribution >= 0.6 is 22.9 Å². The van der Waals surface area contributed by atoms with Gasteiger partial charge < -0.3 is 5.32 Å². The van der Waals surface area contributed by atoms with Crippen LogP contribution in [0.5, 0.6) is 0 Å². The summed E-state index contributed by atoms with van der Waals surface area (Å²) in [6, 6.07) is 18.3. The number of urea groups is 1. The Balaban J connectivity index is 1.58. The first-order valence-corrected chi connectivity index (χ1v) is 11.2. The van der Waals surface area contributed by atoms with Crippen molar-refractivity contribution in [3.05, 3.63) is 81.3 Å². The molecule has 0 aliphatic carbocycles. The fraction of sp³-hybridized carbons (Fsp3) is 0.125. The van der Waals surface area contributed by atoms with Crippen molar-refractivity contribution in [2.75, 3.05) is 0 Å². The summed E-state index contributed by atoms with van der Waals surface area (Å²) in [7, 11) is 0. The number of halogens is 1. The number of carbonyl (C=O) groups excluding carboxylic acids is 1. The molecule has 0 fully saturated rings. The molecule has 1 aliphatic rings. The highest BCUT2D eigenvalue weighted by molar-refractivity contribution is 7.10. The number of benzene rings is 2. The molecule has 32 heavy (non-hydrogen) atoms. The Hall–Kier alpha value is -3.60. The van der Waals surface area contributed by atoms with Gasteiger partial charge in [-0.3, -0.25) is 0 Å². The number of carbonyl (C=O) groups is 1. The van der Waals surface area contributed by atoms with Gasteiger partial charge in [0.2, 0.25) is 0 Å². The molecule has 0 spiro atoms. The summed E-state index contributed by atoms with van der Waals surface area (Å²) in [5, 5.41) is 16.1. The van der Waals surface area contributed by atoms with Crippen molar-refractivity contribution in [1.82, 2.24) is 15.3 Å². The highest BCUT2D eigenvalue weighted by Crippen LogP contribution is 2.40. The van der Waals surface area contributed by atoms with Gasteiger partial charge in [-0.15, -0.1) is 11.3 Å². The number of nitriles is 1. The molecule has 0 bridgehead atoms. The Labute approximate surface area is 193 Å². The molecule has 3 heterocycles. The van der Waals surface area contributed by atoms with Gasteiger partial charge in [-0.25, -0.2) is 19.8 Å². The molecule has 2 amide bonds. The zero-order chi connectivity index (χ0) is 22.2. The Morgan fingerprint density at radius 3 is 2.69 bits per heavy atom. The second-order valence-electron chi connectivity index (χ2n) is 7.48. The molecule has 2 atom stereocenters. The minimum absolute atomic E-state index is 0.273. The number of hydrogen-bond donors (Lipinski definition) is 1. The number of fused-ring (bicyclic) bond motifs is 1. The molecule has 6 nitrogen and oxygen atoms in total. The van der Waals surface area contributed by atoms with Crippen LogP contribution in [0.3, 0.4) is 0 Å². The number of para-hydroxylation sites is 1. The fourth-order valence-corrected chi connectivity index (χ4v) is 5.19. The molecule has 2 aromatic heterocycles. The van der Waals surface area contributed by atoms with E-state index in [-0.39, 0.29) is 5.92 Å². The lowest BCUT2D eigenvalue weighted by Gasteiger charge is -2.30. The summed E-state index contributed by atoms with van der Waals surface area (Å²) < 4.78 is 0. The van der Waals surface area contributed by atoms with Gasteiger partial charge in [-0.05, 0) is 31.2 Å². The average molecular weight is 458 g/mol. The Kier molecular flexibility index (Phi) is 5.17. The molecule has 8 heteroatoms. The lowest BCUT2D eigenvalue weighted by Crippen LogP contribution is -2.38. The highest BCUT2D eigenvalue weighted by atomic mass is 35.5. The van der Waals surface area contributed by atoms with Crippen LogP contribution in [-0.4, -0.2) is 21.7 Å². The average Bonchev–Trinajstić information content (AvgIpc) is 3.28. The number of thiazole rings is 1. The largest absolute Gasteiger partial charge is 0.341 e. The van der Waals surface area contributed by atoms with Crippen molar-refractivity contribution >= 4 is 45.6 Å². The smallest absolute Gasteiger partial charge is 0.328 e. The maximum absolute atomic E-state index is 12.3. The molecule has 2 unspecified atom stereocenters. The molecule has 5 rings (SSSR count). The minimum atomic E-state index is -0.440. The van der Waals surface area contributed by atoms with Gasteiger partial charge >= 0.3 is 6.03 Å². The van der Waals surface area contributed by atoms with Crippen LogP contribution in [0, 0.1) is 11.3 Å². The van der Waals surface area contributed by atoms with Crippen LogP contribution in [0.15, 0.2) is 65.0 Å². The molecule has 156 valence electrons. The predicted octanol–water partition coefficient (Wildman–Crippen LogP) is 5.89. The van der Waals surface area contributed by atoms with E-state index in [2.05, 4.69) is 21.4 Å². The number of nitrogens with one attached hydrogen (secondary N) is 1. The van der Waals surface area contributed by atoms with Gasteiger partial charge in [-0.1, -0.05) is 41.9 Å². The van der Waals surface area contributed by atoms with Gasteiger partial charge in [-0.2, -0.15) is 5.26 Å². The summed E-state index contributed by atoms with van der Waals surface area (Å²) in [6.45, 7) is 1.83. The number of hydrogen-bond acceptors (Lipinski definition) is 5. The molecule has 0 saturated carbocycles. The number of aromatic nitrogens is 2. The van der Waals surface area contributed by atoms with E-state index in [1.54, 1.807) is 12.1 Å². The van der Waals surface area contributed by atoms with Crippen molar-refractivity contribution in [2.45, 2.75) is 18.9 Å². The lowest BCUT2D eigenvalue weighted by molar-refractivity contribution is 0.243. The summed E-state index contributed by atoms with van der Waals surface area (Å²) in [5.41, 5.74) is 4.52. The van der Waals surface area contributed by atoms with E-state index in [4.69, 9.17) is 21.8 Å². The normalized spacial score (nSPS) is 18.2. The van der Waals surface area contributed by atoms with Crippen LogP contribution in [0.25, 0.3) is 22.2 Å². The first-order valence-electron chi connectivity index (χ1n) is 9.90. The van der Waals surface area contributed by atoms with Crippen molar-refractivity contribution in [2.24, 2.45) is 4.99 Å². The maximum Gasteiger partial charge on any atom is 0.341 e. The van der Waals surface area contributed by atoms with E-state index in [1.807, 2.05) is 54.8 Å². The van der Waals surface area contributed by atoms with Crippen LogP contribution in [0.1, 0.15) is 35.0 Å². The first-order chi connectivity index (χ1) is 15.5. The molecule has 1 N–H and O–H groups in total. The van der Waals surface area contributed by atoms with E-state index in [0.29, 0.717) is 16.4 Å². The second-order valence-corrected chi connectivity index (χ2v) is 8.73. The topological polar surface area (TPSA) is 91.0 Å². The van der Waals surface area contributed by atoms with E-state index < -0.39 is 12.1 Å². The summed E-state index contributed by atoms with van der Waals surface area (Å²) in [4.78, 5) is 25.8. The van der Waals surface area contributed by atoms with Crippen LogP contribution < -0.4 is 5.32 Å². The summed E-state index contributed by atoms with van der Waals surface area (Å²) in [5.74, 6) is -0.273. The van der Waals surface area contributed by atoms with Crippen molar-refractivity contribution < 1.29 is 4.79 Å². The lowest BCUT2D eigenvalue weighted by atomic mass is 9.89. The van der Waals surface area contributed by atoms with Crippen molar-refractivity contribution in [3.8, 4) is 17.3 Å². The van der Waals surface area contributed by atoms with E-state index in [0.717, 1.165) is 32.7 Å². The number of pyridine rings is 1. The standard InChI is InChI=1S/C24H16ClN5OS/c1-13-20(23-29-19(12-32-23)15-8-6-14(11-26)7-9-15)21(30-24(31)27-13)17-10-16-4-2-3-5-18(16)28-22(17)25/h2-10,12,20-21H,1H3,(H,30,31). The molecule has 4 aromatic rings. The summed E-state index contributed by atoms with van der Waals surface area (Å²) in [6.07, 6.45) is 0. The number of rotatable bonds is 3. The Morgan fingerprint density at radius 1 is 1.12 bits per heavy atom. The second kappa shape index (κ2) is 8.15. The summed E-state index contributed by atoms with van der Waals surface area (Å²) >= 11 is 8.07.